The third kappa shape index (κ3) is 4.39. The molecule has 3 aromatic carbocycles. The first-order chi connectivity index (χ1) is 16.4. The van der Waals surface area contributed by atoms with E-state index in [1.54, 1.807) is 61.7 Å². The zero-order valence-corrected chi connectivity index (χ0v) is 19.4. The van der Waals surface area contributed by atoms with Crippen LogP contribution in [-0.2, 0) is 9.59 Å². The van der Waals surface area contributed by atoms with Crippen LogP contribution in [0.15, 0.2) is 78.4 Å². The number of hydrogen-bond donors (Lipinski definition) is 1. The van der Waals surface area contributed by atoms with Crippen molar-refractivity contribution in [2.75, 3.05) is 18.6 Å². The molecular formula is C28H27NO5. The summed E-state index contributed by atoms with van der Waals surface area (Å²) < 4.78 is 11.0. The monoisotopic (exact) mass is 457 g/mol. The van der Waals surface area contributed by atoms with Crippen molar-refractivity contribution in [2.24, 2.45) is 0 Å². The van der Waals surface area contributed by atoms with Gasteiger partial charge in [-0.25, -0.2) is 0 Å². The van der Waals surface area contributed by atoms with E-state index in [1.165, 1.54) is 4.90 Å². The minimum atomic E-state index is -0.811. The SMILES string of the molecule is CCCOc1ccc(/C(O)=C2/C(=O)C(=O)N(c3ccc(C)cc3)C2c2cccc(OC)c2)cc1. The second kappa shape index (κ2) is 9.83. The van der Waals surface area contributed by atoms with E-state index < -0.39 is 17.7 Å². The van der Waals surface area contributed by atoms with Crippen molar-refractivity contribution in [1.29, 1.82) is 0 Å². The van der Waals surface area contributed by atoms with Crippen LogP contribution in [0, 0.1) is 6.92 Å². The fourth-order valence-electron chi connectivity index (χ4n) is 4.02. The lowest BCUT2D eigenvalue weighted by Gasteiger charge is -2.26. The van der Waals surface area contributed by atoms with Crippen LogP contribution in [0.2, 0.25) is 0 Å². The Labute approximate surface area is 199 Å². The van der Waals surface area contributed by atoms with Crippen LogP contribution in [-0.4, -0.2) is 30.5 Å². The normalized spacial score (nSPS) is 17.1. The Kier molecular flexibility index (Phi) is 6.68. The number of hydrogen-bond acceptors (Lipinski definition) is 5. The van der Waals surface area contributed by atoms with Gasteiger partial charge in [0.1, 0.15) is 17.3 Å². The molecule has 174 valence electrons. The Bertz CT molecular complexity index is 1230. The largest absolute Gasteiger partial charge is 0.507 e. The van der Waals surface area contributed by atoms with Gasteiger partial charge in [0, 0.05) is 11.3 Å². The molecule has 0 aromatic heterocycles. The number of amides is 1. The highest BCUT2D eigenvalue weighted by atomic mass is 16.5. The minimum Gasteiger partial charge on any atom is -0.507 e. The van der Waals surface area contributed by atoms with Gasteiger partial charge in [-0.15, -0.1) is 0 Å². The molecule has 0 spiro atoms. The number of ketones is 1. The number of anilines is 1. The van der Waals surface area contributed by atoms with Gasteiger partial charge in [0.25, 0.3) is 11.7 Å². The van der Waals surface area contributed by atoms with Crippen LogP contribution < -0.4 is 14.4 Å². The number of aliphatic hydroxyl groups is 1. The van der Waals surface area contributed by atoms with Crippen LogP contribution in [0.3, 0.4) is 0 Å². The van der Waals surface area contributed by atoms with Crippen molar-refractivity contribution in [3.63, 3.8) is 0 Å². The molecule has 6 nitrogen and oxygen atoms in total. The summed E-state index contributed by atoms with van der Waals surface area (Å²) in [6, 6.07) is 20.6. The molecule has 6 heteroatoms. The van der Waals surface area contributed by atoms with Crippen LogP contribution in [0.5, 0.6) is 11.5 Å². The van der Waals surface area contributed by atoms with Crippen LogP contribution in [0.1, 0.15) is 36.1 Å². The van der Waals surface area contributed by atoms with E-state index in [-0.39, 0.29) is 11.3 Å². The van der Waals surface area contributed by atoms with E-state index in [2.05, 4.69) is 0 Å². The molecule has 1 heterocycles. The maximum absolute atomic E-state index is 13.3. The summed E-state index contributed by atoms with van der Waals surface area (Å²) >= 11 is 0. The van der Waals surface area contributed by atoms with Gasteiger partial charge in [-0.05, 0) is 67.4 Å². The van der Waals surface area contributed by atoms with E-state index in [0.717, 1.165) is 12.0 Å². The standard InChI is InChI=1S/C28H27NO5/c1-4-16-34-22-14-10-19(11-15-22)26(30)24-25(20-6-5-7-23(17-20)33-3)29(28(32)27(24)31)21-12-8-18(2)9-13-21/h5-15,17,25,30H,4,16H2,1-3H3/b26-24-. The lowest BCUT2D eigenvalue weighted by atomic mass is 9.95. The third-order valence-electron chi connectivity index (χ3n) is 5.77. The fourth-order valence-corrected chi connectivity index (χ4v) is 4.02. The quantitative estimate of drug-likeness (QED) is 0.291. The molecule has 1 amide bonds. The maximum Gasteiger partial charge on any atom is 0.300 e. The van der Waals surface area contributed by atoms with E-state index in [4.69, 9.17) is 9.47 Å². The number of rotatable bonds is 7. The molecule has 0 radical (unpaired) electrons. The number of carbonyl (C=O) groups is 2. The van der Waals surface area contributed by atoms with E-state index in [1.807, 2.05) is 32.0 Å². The van der Waals surface area contributed by atoms with Crippen LogP contribution in [0.4, 0.5) is 5.69 Å². The smallest absolute Gasteiger partial charge is 0.300 e. The maximum atomic E-state index is 13.3. The Morgan fingerprint density at radius 3 is 2.32 bits per heavy atom. The van der Waals surface area contributed by atoms with Crippen molar-refractivity contribution >= 4 is 23.1 Å². The number of aliphatic hydroxyl groups excluding tert-OH is 1. The first-order valence-electron chi connectivity index (χ1n) is 11.2. The summed E-state index contributed by atoms with van der Waals surface area (Å²) in [5, 5.41) is 11.3. The van der Waals surface area contributed by atoms with Crippen LogP contribution >= 0.6 is 0 Å². The summed E-state index contributed by atoms with van der Waals surface area (Å²) in [7, 11) is 1.55. The van der Waals surface area contributed by atoms with Gasteiger partial charge in [-0.3, -0.25) is 14.5 Å². The first-order valence-corrected chi connectivity index (χ1v) is 11.2. The highest BCUT2D eigenvalue weighted by Crippen LogP contribution is 2.43. The molecule has 1 saturated heterocycles. The molecule has 3 aromatic rings. The molecule has 4 rings (SSSR count). The molecule has 0 aliphatic carbocycles. The number of methoxy groups -OCH3 is 1. The van der Waals surface area contributed by atoms with E-state index in [0.29, 0.717) is 34.9 Å². The van der Waals surface area contributed by atoms with E-state index >= 15 is 0 Å². The van der Waals surface area contributed by atoms with Gasteiger partial charge in [-0.2, -0.15) is 0 Å². The van der Waals surface area contributed by atoms with Crippen molar-refractivity contribution in [3.8, 4) is 11.5 Å². The van der Waals surface area contributed by atoms with Crippen molar-refractivity contribution in [3.05, 3.63) is 95.1 Å². The van der Waals surface area contributed by atoms with Gasteiger partial charge in [0.15, 0.2) is 0 Å². The number of aryl methyl sites for hydroxylation is 1. The second-order valence-corrected chi connectivity index (χ2v) is 8.15. The predicted octanol–water partition coefficient (Wildman–Crippen LogP) is 5.42. The molecule has 1 aliphatic rings. The van der Waals surface area contributed by atoms with Gasteiger partial charge in [0.05, 0.1) is 25.3 Å². The minimum absolute atomic E-state index is 0.0288. The second-order valence-electron chi connectivity index (χ2n) is 8.15. The average Bonchev–Trinajstić information content (AvgIpc) is 3.13. The van der Waals surface area contributed by atoms with Gasteiger partial charge < -0.3 is 14.6 Å². The summed E-state index contributed by atoms with van der Waals surface area (Å²) in [6.07, 6.45) is 0.880. The third-order valence-corrected chi connectivity index (χ3v) is 5.77. The number of Topliss-reactive ketones (excluding diaryl/α,β-unsaturated/α-hetero) is 1. The fraction of sp³-hybridized carbons (Fsp3) is 0.214. The lowest BCUT2D eigenvalue weighted by molar-refractivity contribution is -0.132. The summed E-state index contributed by atoms with van der Waals surface area (Å²) in [6.45, 7) is 4.56. The Balaban J connectivity index is 1.85. The number of benzene rings is 3. The number of ether oxygens (including phenoxy) is 2. The summed E-state index contributed by atoms with van der Waals surface area (Å²) in [5.74, 6) is -0.409. The summed E-state index contributed by atoms with van der Waals surface area (Å²) in [5.41, 5.74) is 2.72. The van der Waals surface area contributed by atoms with Gasteiger partial charge in [0.2, 0.25) is 0 Å². The first kappa shape index (κ1) is 23.1. The predicted molar refractivity (Wildman–Crippen MR) is 131 cm³/mol. The highest BCUT2D eigenvalue weighted by molar-refractivity contribution is 6.51. The van der Waals surface area contributed by atoms with Gasteiger partial charge in [-0.1, -0.05) is 36.8 Å². The molecule has 34 heavy (non-hydrogen) atoms. The Morgan fingerprint density at radius 1 is 0.971 bits per heavy atom. The highest BCUT2D eigenvalue weighted by Gasteiger charge is 2.47. The van der Waals surface area contributed by atoms with Gasteiger partial charge >= 0.3 is 0 Å². The zero-order chi connectivity index (χ0) is 24.2. The van der Waals surface area contributed by atoms with Crippen LogP contribution in [0.25, 0.3) is 5.76 Å². The van der Waals surface area contributed by atoms with Crippen molar-refractivity contribution in [1.82, 2.24) is 0 Å². The molecule has 1 fully saturated rings. The average molecular weight is 458 g/mol. The molecule has 0 bridgehead atoms. The van der Waals surface area contributed by atoms with Crippen molar-refractivity contribution < 1.29 is 24.2 Å². The lowest BCUT2D eigenvalue weighted by Crippen LogP contribution is -2.29. The van der Waals surface area contributed by atoms with E-state index in [9.17, 15) is 14.7 Å². The molecule has 1 N–H and O–H groups in total. The molecule has 0 saturated carbocycles. The molecular weight excluding hydrogens is 430 g/mol. The molecule has 1 atom stereocenters. The van der Waals surface area contributed by atoms with Crippen molar-refractivity contribution in [2.45, 2.75) is 26.3 Å². The molecule has 1 aliphatic heterocycles. The topological polar surface area (TPSA) is 76.1 Å². The Morgan fingerprint density at radius 2 is 1.68 bits per heavy atom. The Hall–Kier alpha value is -4.06. The zero-order valence-electron chi connectivity index (χ0n) is 19.4. The number of carbonyl (C=O) groups excluding carboxylic acids is 2. The number of nitrogens with zero attached hydrogens (tertiary/aromatic N) is 1. The molecule has 1 unspecified atom stereocenters. The summed E-state index contributed by atoms with van der Waals surface area (Å²) in [4.78, 5) is 27.9.